The molecular weight excluding hydrogens is 318 g/mol. The minimum absolute atomic E-state index is 0.0526. The van der Waals surface area contributed by atoms with Crippen LogP contribution in [0.15, 0.2) is 54.6 Å². The summed E-state index contributed by atoms with van der Waals surface area (Å²) >= 11 is 0. The Morgan fingerprint density at radius 1 is 1.00 bits per heavy atom. The number of hydrogen-bond donors (Lipinski definition) is 2. The Morgan fingerprint density at radius 3 is 2.40 bits per heavy atom. The normalized spacial score (nSPS) is 10.5. The Hall–Kier alpha value is -3.21. The summed E-state index contributed by atoms with van der Waals surface area (Å²) < 4.78 is 10.4. The molecule has 5 nitrogen and oxygen atoms in total. The SMILES string of the molecule is COc1ccc(OC)c(NC(=O)Cc2cc3ccccc3cc2O)c1. The van der Waals surface area contributed by atoms with Gasteiger partial charge in [0.2, 0.25) is 5.91 Å². The quantitative estimate of drug-likeness (QED) is 0.744. The smallest absolute Gasteiger partial charge is 0.229 e. The third kappa shape index (κ3) is 3.66. The fraction of sp³-hybridized carbons (Fsp3) is 0.150. The van der Waals surface area contributed by atoms with E-state index in [0.717, 1.165) is 10.8 Å². The van der Waals surface area contributed by atoms with Crippen LogP contribution in [0.25, 0.3) is 10.8 Å². The summed E-state index contributed by atoms with van der Waals surface area (Å²) in [6.45, 7) is 0. The van der Waals surface area contributed by atoms with Crippen LogP contribution in [0, 0.1) is 0 Å². The average Bonchev–Trinajstić information content (AvgIpc) is 2.62. The van der Waals surface area contributed by atoms with Crippen molar-refractivity contribution in [3.8, 4) is 17.2 Å². The first kappa shape index (κ1) is 16.6. The summed E-state index contributed by atoms with van der Waals surface area (Å²) in [5.41, 5.74) is 1.09. The molecule has 0 saturated carbocycles. The van der Waals surface area contributed by atoms with E-state index in [1.807, 2.05) is 30.3 Å². The fourth-order valence-electron chi connectivity index (χ4n) is 2.70. The first-order valence-corrected chi connectivity index (χ1v) is 7.83. The van der Waals surface area contributed by atoms with Gasteiger partial charge >= 0.3 is 0 Å². The van der Waals surface area contributed by atoms with Gasteiger partial charge in [0.05, 0.1) is 26.3 Å². The van der Waals surface area contributed by atoms with E-state index >= 15 is 0 Å². The minimum Gasteiger partial charge on any atom is -0.508 e. The van der Waals surface area contributed by atoms with E-state index in [4.69, 9.17) is 9.47 Å². The molecule has 0 bridgehead atoms. The summed E-state index contributed by atoms with van der Waals surface area (Å²) in [7, 11) is 3.09. The van der Waals surface area contributed by atoms with Crippen molar-refractivity contribution in [1.29, 1.82) is 0 Å². The monoisotopic (exact) mass is 337 g/mol. The molecule has 0 atom stereocenters. The van der Waals surface area contributed by atoms with Gasteiger partial charge in [-0.2, -0.15) is 0 Å². The van der Waals surface area contributed by atoms with Gasteiger partial charge in [-0.05, 0) is 35.0 Å². The summed E-state index contributed by atoms with van der Waals surface area (Å²) in [5, 5.41) is 14.9. The van der Waals surface area contributed by atoms with Crippen molar-refractivity contribution in [2.75, 3.05) is 19.5 Å². The molecule has 2 N–H and O–H groups in total. The van der Waals surface area contributed by atoms with E-state index < -0.39 is 0 Å². The molecule has 5 heteroatoms. The third-order valence-electron chi connectivity index (χ3n) is 3.98. The summed E-state index contributed by atoms with van der Waals surface area (Å²) in [6, 6.07) is 16.4. The summed E-state index contributed by atoms with van der Waals surface area (Å²) in [6.07, 6.45) is 0.0526. The van der Waals surface area contributed by atoms with Crippen molar-refractivity contribution in [3.63, 3.8) is 0 Å². The Balaban J connectivity index is 1.82. The van der Waals surface area contributed by atoms with Crippen LogP contribution in [0.4, 0.5) is 5.69 Å². The molecule has 1 amide bonds. The number of methoxy groups -OCH3 is 2. The standard InChI is InChI=1S/C20H19NO4/c1-24-16-7-8-19(25-2)17(12-16)21-20(23)11-15-9-13-5-3-4-6-14(13)10-18(15)22/h3-10,12,22H,11H2,1-2H3,(H,21,23). The zero-order valence-electron chi connectivity index (χ0n) is 14.1. The van der Waals surface area contributed by atoms with Gasteiger partial charge in [-0.3, -0.25) is 4.79 Å². The van der Waals surface area contributed by atoms with Gasteiger partial charge in [-0.25, -0.2) is 0 Å². The number of nitrogens with one attached hydrogen (secondary N) is 1. The maximum Gasteiger partial charge on any atom is 0.229 e. The molecule has 0 heterocycles. The van der Waals surface area contributed by atoms with Crippen LogP contribution in [0.2, 0.25) is 0 Å². The number of benzene rings is 3. The molecule has 0 fully saturated rings. The number of aromatic hydroxyl groups is 1. The van der Waals surface area contributed by atoms with Crippen LogP contribution in [0.5, 0.6) is 17.2 Å². The molecule has 0 aromatic heterocycles. The lowest BCUT2D eigenvalue weighted by Crippen LogP contribution is -2.15. The van der Waals surface area contributed by atoms with Gasteiger partial charge in [0.1, 0.15) is 17.2 Å². The van der Waals surface area contributed by atoms with Crippen LogP contribution in [-0.2, 0) is 11.2 Å². The van der Waals surface area contributed by atoms with Crippen molar-refractivity contribution < 1.29 is 19.4 Å². The molecule has 0 unspecified atom stereocenters. The number of fused-ring (bicyclic) bond motifs is 1. The first-order chi connectivity index (χ1) is 12.1. The highest BCUT2D eigenvalue weighted by molar-refractivity contribution is 5.95. The van der Waals surface area contributed by atoms with Crippen molar-refractivity contribution >= 4 is 22.4 Å². The molecular formula is C20H19NO4. The van der Waals surface area contributed by atoms with Crippen LogP contribution < -0.4 is 14.8 Å². The molecule has 0 radical (unpaired) electrons. The lowest BCUT2D eigenvalue weighted by atomic mass is 10.0. The van der Waals surface area contributed by atoms with E-state index in [2.05, 4.69) is 5.32 Å². The molecule has 0 saturated heterocycles. The molecule has 3 aromatic rings. The van der Waals surface area contributed by atoms with Gasteiger partial charge in [0.25, 0.3) is 0 Å². The van der Waals surface area contributed by atoms with Crippen LogP contribution in [-0.4, -0.2) is 25.2 Å². The molecule has 3 rings (SSSR count). The van der Waals surface area contributed by atoms with Gasteiger partial charge < -0.3 is 19.9 Å². The number of phenols is 1. The highest BCUT2D eigenvalue weighted by atomic mass is 16.5. The van der Waals surface area contributed by atoms with Crippen molar-refractivity contribution in [3.05, 3.63) is 60.2 Å². The minimum atomic E-state index is -0.253. The number of ether oxygens (including phenoxy) is 2. The van der Waals surface area contributed by atoms with E-state index in [9.17, 15) is 9.90 Å². The third-order valence-corrected chi connectivity index (χ3v) is 3.98. The highest BCUT2D eigenvalue weighted by Gasteiger charge is 2.12. The number of anilines is 1. The number of carbonyl (C=O) groups excluding carboxylic acids is 1. The van der Waals surface area contributed by atoms with Crippen molar-refractivity contribution in [2.24, 2.45) is 0 Å². The maximum absolute atomic E-state index is 12.4. The van der Waals surface area contributed by atoms with Crippen LogP contribution >= 0.6 is 0 Å². The zero-order valence-corrected chi connectivity index (χ0v) is 14.1. The largest absolute Gasteiger partial charge is 0.508 e. The van der Waals surface area contributed by atoms with E-state index in [1.54, 1.807) is 31.4 Å². The van der Waals surface area contributed by atoms with E-state index in [0.29, 0.717) is 22.7 Å². The van der Waals surface area contributed by atoms with Crippen LogP contribution in [0.1, 0.15) is 5.56 Å². The molecule has 0 aliphatic carbocycles. The maximum atomic E-state index is 12.4. The van der Waals surface area contributed by atoms with E-state index in [-0.39, 0.29) is 18.1 Å². The second kappa shape index (κ2) is 7.13. The lowest BCUT2D eigenvalue weighted by molar-refractivity contribution is -0.115. The Labute approximate surface area is 145 Å². The first-order valence-electron chi connectivity index (χ1n) is 7.83. The Morgan fingerprint density at radius 2 is 1.72 bits per heavy atom. The number of hydrogen-bond acceptors (Lipinski definition) is 4. The Kier molecular flexibility index (Phi) is 4.75. The highest BCUT2D eigenvalue weighted by Crippen LogP contribution is 2.30. The van der Waals surface area contributed by atoms with Crippen molar-refractivity contribution in [1.82, 2.24) is 0 Å². The molecule has 0 spiro atoms. The molecule has 0 aliphatic rings. The fourth-order valence-corrected chi connectivity index (χ4v) is 2.70. The predicted molar refractivity (Wildman–Crippen MR) is 97.5 cm³/mol. The topological polar surface area (TPSA) is 67.8 Å². The lowest BCUT2D eigenvalue weighted by Gasteiger charge is -2.12. The predicted octanol–water partition coefficient (Wildman–Crippen LogP) is 3.74. The molecule has 128 valence electrons. The summed E-state index contributed by atoms with van der Waals surface area (Å²) in [5.74, 6) is 1.00. The van der Waals surface area contributed by atoms with Gasteiger partial charge in [-0.15, -0.1) is 0 Å². The summed E-state index contributed by atoms with van der Waals surface area (Å²) in [4.78, 5) is 12.4. The van der Waals surface area contributed by atoms with Gasteiger partial charge in [0, 0.05) is 11.6 Å². The molecule has 0 aliphatic heterocycles. The Bertz CT molecular complexity index is 921. The second-order valence-electron chi connectivity index (χ2n) is 5.62. The van der Waals surface area contributed by atoms with Crippen LogP contribution in [0.3, 0.4) is 0 Å². The zero-order chi connectivity index (χ0) is 17.8. The van der Waals surface area contributed by atoms with Gasteiger partial charge in [0.15, 0.2) is 0 Å². The van der Waals surface area contributed by atoms with E-state index in [1.165, 1.54) is 7.11 Å². The van der Waals surface area contributed by atoms with Crippen molar-refractivity contribution in [2.45, 2.75) is 6.42 Å². The molecule has 3 aromatic carbocycles. The number of amides is 1. The second-order valence-corrected chi connectivity index (χ2v) is 5.62. The number of carbonyl (C=O) groups is 1. The number of phenolic OH excluding ortho intramolecular Hbond substituents is 1. The van der Waals surface area contributed by atoms with Gasteiger partial charge in [-0.1, -0.05) is 24.3 Å². The average molecular weight is 337 g/mol. The number of rotatable bonds is 5. The molecule has 25 heavy (non-hydrogen) atoms.